The Morgan fingerprint density at radius 3 is 2.36 bits per heavy atom. The monoisotopic (exact) mass is 618 g/mol. The van der Waals surface area contributed by atoms with Crippen molar-refractivity contribution in [2.75, 3.05) is 26.5 Å². The van der Waals surface area contributed by atoms with Crippen molar-refractivity contribution in [1.29, 1.82) is 0 Å². The molecule has 5 aliphatic rings. The third-order valence-electron chi connectivity index (χ3n) is 10.6. The van der Waals surface area contributed by atoms with Gasteiger partial charge in [-0.3, -0.25) is 14.5 Å². The van der Waals surface area contributed by atoms with E-state index in [1.807, 2.05) is 24.3 Å². The van der Waals surface area contributed by atoms with E-state index in [0.29, 0.717) is 24.1 Å². The topological polar surface area (TPSA) is 101 Å². The lowest BCUT2D eigenvalue weighted by Gasteiger charge is -2.43. The van der Waals surface area contributed by atoms with Crippen LogP contribution in [0.3, 0.4) is 0 Å². The fourth-order valence-electron chi connectivity index (χ4n) is 7.87. The minimum atomic E-state index is -3.72. The number of hydrogen-bond acceptors (Lipinski definition) is 6. The Morgan fingerprint density at radius 1 is 1.05 bits per heavy atom. The van der Waals surface area contributed by atoms with Crippen molar-refractivity contribution in [3.05, 3.63) is 53.6 Å². The minimum absolute atomic E-state index is 0.177. The molecule has 4 heterocycles. The maximum Gasteiger partial charge on any atom is 0.264 e. The lowest BCUT2D eigenvalue weighted by atomic mass is 9.81. The predicted octanol–water partition coefficient (Wildman–Crippen LogP) is 5.10. The molecule has 9 nitrogen and oxygen atoms in total. The second-order valence-corrected chi connectivity index (χ2v) is 15.3. The molecule has 2 amide bonds. The summed E-state index contributed by atoms with van der Waals surface area (Å²) >= 11 is 0. The number of methoxy groups -OCH3 is 1. The molecule has 2 saturated carbocycles. The Labute approximate surface area is 259 Å². The number of rotatable bonds is 9. The molecular weight excluding hydrogens is 576 g/mol. The Hall–Kier alpha value is -3.37. The standard InChI is InChI=1S/C34H42N4O5S/c1-4-44(41,42)35-32(39)24-12-15-27-28(18-24)37(21-34(16-17-34)33(40)38-25-19-29(38)36(2)20-25)31(23-10-13-26(43-3)14-11-23)30(27)22-8-6-5-7-9-22/h10-15,18,22,25,29H,4-9,16-17,19-21H2,1-3H3,(H,35,39). The number of likely N-dealkylation sites (N-methyl/N-ethyl adjacent to an activating group) is 1. The van der Waals surface area contributed by atoms with Gasteiger partial charge in [-0.25, -0.2) is 13.1 Å². The molecule has 5 fully saturated rings. The number of nitrogens with zero attached hydrogens (tertiary/aromatic N) is 3. The highest BCUT2D eigenvalue weighted by atomic mass is 32.2. The summed E-state index contributed by atoms with van der Waals surface area (Å²) < 4.78 is 34.5. The minimum Gasteiger partial charge on any atom is -0.497 e. The third kappa shape index (κ3) is 4.90. The maximum absolute atomic E-state index is 14.2. The van der Waals surface area contributed by atoms with Gasteiger partial charge in [0.25, 0.3) is 5.91 Å². The number of fused-ring (bicyclic) bond motifs is 2. The van der Waals surface area contributed by atoms with Gasteiger partial charge >= 0.3 is 0 Å². The molecule has 44 heavy (non-hydrogen) atoms. The normalized spacial score (nSPS) is 23.0. The second kappa shape index (κ2) is 10.9. The number of ether oxygens (including phenoxy) is 1. The zero-order chi connectivity index (χ0) is 30.8. The van der Waals surface area contributed by atoms with Crippen molar-refractivity contribution in [3.63, 3.8) is 0 Å². The van der Waals surface area contributed by atoms with Gasteiger partial charge in [0.05, 0.1) is 30.1 Å². The van der Waals surface area contributed by atoms with Crippen LogP contribution in [0.5, 0.6) is 5.75 Å². The van der Waals surface area contributed by atoms with Gasteiger partial charge in [-0.15, -0.1) is 0 Å². The van der Waals surface area contributed by atoms with E-state index in [9.17, 15) is 18.0 Å². The van der Waals surface area contributed by atoms with Gasteiger partial charge in [-0.05, 0) is 93.1 Å². The number of carbonyl (C=O) groups excluding carboxylic acids is 2. The molecule has 2 atom stereocenters. The fourth-order valence-corrected chi connectivity index (χ4v) is 8.42. The number of hydrogen-bond donors (Lipinski definition) is 1. The van der Waals surface area contributed by atoms with Crippen LogP contribution in [-0.2, 0) is 21.4 Å². The Morgan fingerprint density at radius 2 is 1.77 bits per heavy atom. The number of benzene rings is 2. The zero-order valence-electron chi connectivity index (χ0n) is 25.8. The summed E-state index contributed by atoms with van der Waals surface area (Å²) in [7, 11) is 0.0405. The first kappa shape index (κ1) is 29.3. The number of aromatic nitrogens is 1. The van der Waals surface area contributed by atoms with E-state index in [-0.39, 0.29) is 17.8 Å². The van der Waals surface area contributed by atoms with Crippen LogP contribution in [0, 0.1) is 5.41 Å². The molecule has 2 bridgehead atoms. The molecule has 3 saturated heterocycles. The molecule has 3 aromatic rings. The van der Waals surface area contributed by atoms with Gasteiger partial charge < -0.3 is 14.2 Å². The van der Waals surface area contributed by atoms with Gasteiger partial charge in [0.2, 0.25) is 15.9 Å². The van der Waals surface area contributed by atoms with Crippen LogP contribution < -0.4 is 9.46 Å². The van der Waals surface area contributed by atoms with Crippen LogP contribution in [0.1, 0.15) is 80.1 Å². The maximum atomic E-state index is 14.2. The molecule has 1 aromatic heterocycles. The summed E-state index contributed by atoms with van der Waals surface area (Å²) in [4.78, 5) is 31.8. The summed E-state index contributed by atoms with van der Waals surface area (Å²) in [5.41, 5.74) is 4.10. The lowest BCUT2D eigenvalue weighted by molar-refractivity contribution is -0.149. The van der Waals surface area contributed by atoms with E-state index < -0.39 is 21.3 Å². The Kier molecular flexibility index (Phi) is 7.28. The van der Waals surface area contributed by atoms with Gasteiger partial charge in [0.15, 0.2) is 0 Å². The Balaban J connectivity index is 1.39. The molecule has 2 unspecified atom stereocenters. The second-order valence-electron chi connectivity index (χ2n) is 13.3. The highest BCUT2D eigenvalue weighted by Gasteiger charge is 2.60. The first-order chi connectivity index (χ1) is 21.1. The number of nitrogens with one attached hydrogen (secondary N) is 1. The van der Waals surface area contributed by atoms with E-state index in [1.165, 1.54) is 31.7 Å². The summed E-state index contributed by atoms with van der Waals surface area (Å²) in [5, 5.41) is 1.07. The van der Waals surface area contributed by atoms with E-state index in [2.05, 4.69) is 38.3 Å². The summed E-state index contributed by atoms with van der Waals surface area (Å²) in [6, 6.07) is 14.0. The molecule has 2 aromatic carbocycles. The summed E-state index contributed by atoms with van der Waals surface area (Å²) in [6.45, 7) is 2.96. The quantitative estimate of drug-likeness (QED) is 0.358. The van der Waals surface area contributed by atoms with Crippen molar-refractivity contribution >= 4 is 32.7 Å². The molecule has 234 valence electrons. The van der Waals surface area contributed by atoms with Crippen molar-refractivity contribution in [3.8, 4) is 17.0 Å². The zero-order valence-corrected chi connectivity index (χ0v) is 26.7. The lowest BCUT2D eigenvalue weighted by Crippen LogP contribution is -2.57. The molecule has 0 spiro atoms. The number of carbonyl (C=O) groups is 2. The number of amides is 2. The largest absolute Gasteiger partial charge is 0.497 e. The van der Waals surface area contributed by atoms with Gasteiger partial charge in [-0.1, -0.05) is 25.3 Å². The van der Waals surface area contributed by atoms with Crippen molar-refractivity contribution in [1.82, 2.24) is 19.1 Å². The SMILES string of the molecule is CCS(=O)(=O)NC(=O)c1ccc2c(C3CCCCC3)c(-c3ccc(OC)cc3)n(CC3(C(=O)N4C5CC4N(C)C5)CC3)c2c1. The smallest absolute Gasteiger partial charge is 0.264 e. The summed E-state index contributed by atoms with van der Waals surface area (Å²) in [6.07, 6.45) is 8.66. The van der Waals surface area contributed by atoms with Crippen molar-refractivity contribution in [2.45, 2.75) is 83.0 Å². The number of sulfonamides is 1. The van der Waals surface area contributed by atoms with Gasteiger partial charge in [0, 0.05) is 42.0 Å². The van der Waals surface area contributed by atoms with Gasteiger partial charge in [-0.2, -0.15) is 0 Å². The third-order valence-corrected chi connectivity index (χ3v) is 11.8. The molecule has 8 rings (SSSR count). The van der Waals surface area contributed by atoms with Crippen LogP contribution >= 0.6 is 0 Å². The molecule has 2 aliphatic carbocycles. The van der Waals surface area contributed by atoms with E-state index >= 15 is 0 Å². The summed E-state index contributed by atoms with van der Waals surface area (Å²) in [5.74, 6) is 0.564. The van der Waals surface area contributed by atoms with Crippen molar-refractivity contribution in [2.24, 2.45) is 5.41 Å². The van der Waals surface area contributed by atoms with Crippen LogP contribution in [0.4, 0.5) is 0 Å². The van der Waals surface area contributed by atoms with E-state index in [4.69, 9.17) is 4.74 Å². The predicted molar refractivity (Wildman–Crippen MR) is 170 cm³/mol. The molecule has 10 heteroatoms. The first-order valence-corrected chi connectivity index (χ1v) is 17.7. The van der Waals surface area contributed by atoms with Crippen molar-refractivity contribution < 1.29 is 22.7 Å². The highest BCUT2D eigenvalue weighted by molar-refractivity contribution is 7.90. The molecule has 0 radical (unpaired) electrons. The fraction of sp³-hybridized carbons (Fsp3) is 0.529. The Bertz CT molecular complexity index is 1720. The average Bonchev–Trinajstić information content (AvgIpc) is 3.47. The molecule has 3 aliphatic heterocycles. The van der Waals surface area contributed by atoms with Crippen LogP contribution in [0.25, 0.3) is 22.2 Å². The van der Waals surface area contributed by atoms with E-state index in [1.54, 1.807) is 13.2 Å². The average molecular weight is 619 g/mol. The molecular formula is C34H42N4O5S. The first-order valence-electron chi connectivity index (χ1n) is 16.0. The highest BCUT2D eigenvalue weighted by Crippen LogP contribution is 2.54. The van der Waals surface area contributed by atoms with Crippen LogP contribution in [0.15, 0.2) is 42.5 Å². The van der Waals surface area contributed by atoms with Crippen LogP contribution in [-0.4, -0.2) is 73.3 Å². The molecule has 1 N–H and O–H groups in total. The van der Waals surface area contributed by atoms with Crippen LogP contribution in [0.2, 0.25) is 0 Å². The van der Waals surface area contributed by atoms with Gasteiger partial charge in [0.1, 0.15) is 5.75 Å². The van der Waals surface area contributed by atoms with E-state index in [0.717, 1.165) is 66.6 Å².